The molecule has 0 spiro atoms. The predicted molar refractivity (Wildman–Crippen MR) is 107 cm³/mol. The minimum Gasteiger partial charge on any atom is -0.484 e. The summed E-state index contributed by atoms with van der Waals surface area (Å²) >= 11 is 11.9. The molecule has 27 heavy (non-hydrogen) atoms. The highest BCUT2D eigenvalue weighted by atomic mass is 35.5. The fraction of sp³-hybridized carbons (Fsp3) is 0.278. The largest absolute Gasteiger partial charge is 0.484 e. The molecule has 0 aliphatic rings. The van der Waals surface area contributed by atoms with Crippen molar-refractivity contribution >= 4 is 44.8 Å². The van der Waals surface area contributed by atoms with Crippen LogP contribution in [0.5, 0.6) is 5.75 Å². The number of nitrogens with one attached hydrogen (secondary N) is 1. The fourth-order valence-corrected chi connectivity index (χ4v) is 4.52. The summed E-state index contributed by atoms with van der Waals surface area (Å²) in [5, 5.41) is 3.19. The quantitative estimate of drug-likeness (QED) is 0.685. The summed E-state index contributed by atoms with van der Waals surface area (Å²) in [6.45, 7) is 3.88. The molecule has 0 heterocycles. The maximum Gasteiger partial charge on any atom is 0.262 e. The average Bonchev–Trinajstić information content (AvgIpc) is 2.62. The van der Waals surface area contributed by atoms with Crippen LogP contribution in [-0.2, 0) is 14.8 Å². The molecule has 0 saturated carbocycles. The van der Waals surface area contributed by atoms with Crippen molar-refractivity contribution in [3.63, 3.8) is 0 Å². The van der Waals surface area contributed by atoms with Crippen molar-refractivity contribution in [2.75, 3.05) is 25.0 Å². The van der Waals surface area contributed by atoms with Crippen molar-refractivity contribution in [3.8, 4) is 5.75 Å². The zero-order valence-electron chi connectivity index (χ0n) is 14.9. The van der Waals surface area contributed by atoms with Crippen LogP contribution >= 0.6 is 23.2 Å². The van der Waals surface area contributed by atoms with E-state index < -0.39 is 15.9 Å². The number of hydrogen-bond acceptors (Lipinski definition) is 4. The lowest BCUT2D eigenvalue weighted by molar-refractivity contribution is -0.118. The lowest BCUT2D eigenvalue weighted by Crippen LogP contribution is -2.31. The third kappa shape index (κ3) is 5.59. The Morgan fingerprint density at radius 1 is 1.11 bits per heavy atom. The molecule has 0 saturated heterocycles. The first kappa shape index (κ1) is 21.5. The summed E-state index contributed by atoms with van der Waals surface area (Å²) in [7, 11) is -3.75. The van der Waals surface area contributed by atoms with Gasteiger partial charge >= 0.3 is 0 Å². The molecular formula is C18H20Cl2N2O4S. The molecule has 1 N–H and O–H groups in total. The molecule has 2 aromatic carbocycles. The number of nitrogens with zero attached hydrogens (tertiary/aromatic N) is 1. The van der Waals surface area contributed by atoms with Gasteiger partial charge in [0, 0.05) is 23.8 Å². The van der Waals surface area contributed by atoms with E-state index in [2.05, 4.69) is 5.32 Å². The van der Waals surface area contributed by atoms with E-state index in [1.807, 2.05) is 0 Å². The standard InChI is InChI=1S/C18H20Cl2N2O4S/c1-3-22(4-2)27(24,25)17-11-14(8-9-16(17)20)21-18(23)12-26-15-7-5-6-13(19)10-15/h5-11H,3-4,12H2,1-2H3,(H,21,23). The van der Waals surface area contributed by atoms with Crippen LogP contribution in [0.2, 0.25) is 10.0 Å². The van der Waals surface area contributed by atoms with Gasteiger partial charge in [-0.1, -0.05) is 43.1 Å². The van der Waals surface area contributed by atoms with E-state index in [0.717, 1.165) is 0 Å². The van der Waals surface area contributed by atoms with Crippen molar-refractivity contribution in [1.82, 2.24) is 4.31 Å². The Bertz CT molecular complexity index is 915. The Kier molecular flexibility index (Phi) is 7.49. The zero-order chi connectivity index (χ0) is 20.0. The van der Waals surface area contributed by atoms with Gasteiger partial charge in [0.25, 0.3) is 5.91 Å². The zero-order valence-corrected chi connectivity index (χ0v) is 17.2. The lowest BCUT2D eigenvalue weighted by atomic mass is 10.3. The molecular weight excluding hydrogens is 411 g/mol. The van der Waals surface area contributed by atoms with Crippen molar-refractivity contribution in [3.05, 3.63) is 52.5 Å². The molecule has 0 bridgehead atoms. The fourth-order valence-electron chi connectivity index (χ4n) is 2.38. The van der Waals surface area contributed by atoms with Crippen molar-refractivity contribution in [1.29, 1.82) is 0 Å². The number of anilines is 1. The van der Waals surface area contributed by atoms with Gasteiger partial charge in [0.15, 0.2) is 6.61 Å². The van der Waals surface area contributed by atoms with E-state index >= 15 is 0 Å². The Morgan fingerprint density at radius 2 is 1.81 bits per heavy atom. The highest BCUT2D eigenvalue weighted by molar-refractivity contribution is 7.89. The van der Waals surface area contributed by atoms with Gasteiger partial charge < -0.3 is 10.1 Å². The third-order valence-corrected chi connectivity index (χ3v) is 6.47. The molecule has 6 nitrogen and oxygen atoms in total. The van der Waals surface area contributed by atoms with E-state index in [-0.39, 0.29) is 16.5 Å². The summed E-state index contributed by atoms with van der Waals surface area (Å²) in [5.41, 5.74) is 0.310. The average molecular weight is 431 g/mol. The number of benzene rings is 2. The minimum absolute atomic E-state index is 0.0542. The van der Waals surface area contributed by atoms with E-state index in [4.69, 9.17) is 27.9 Å². The number of sulfonamides is 1. The lowest BCUT2D eigenvalue weighted by Gasteiger charge is -2.19. The second-order valence-corrected chi connectivity index (χ2v) is 8.28. The Morgan fingerprint density at radius 3 is 2.44 bits per heavy atom. The summed E-state index contributed by atoms with van der Waals surface area (Å²) in [6.07, 6.45) is 0. The van der Waals surface area contributed by atoms with Crippen molar-refractivity contribution in [2.45, 2.75) is 18.7 Å². The van der Waals surface area contributed by atoms with Gasteiger partial charge in [-0.05, 0) is 36.4 Å². The number of carbonyl (C=O) groups is 1. The summed E-state index contributed by atoms with van der Waals surface area (Å²) < 4.78 is 32.0. The van der Waals surface area contributed by atoms with Crippen molar-refractivity contribution < 1.29 is 17.9 Å². The van der Waals surface area contributed by atoms with Gasteiger partial charge in [-0.25, -0.2) is 8.42 Å². The molecule has 0 aliphatic heterocycles. The second kappa shape index (κ2) is 9.41. The molecule has 146 valence electrons. The van der Waals surface area contributed by atoms with Gasteiger partial charge in [-0.15, -0.1) is 0 Å². The Labute approximate surface area is 169 Å². The second-order valence-electron chi connectivity index (χ2n) is 5.53. The summed E-state index contributed by atoms with van der Waals surface area (Å²) in [5.74, 6) is 0.0158. The number of hydrogen-bond donors (Lipinski definition) is 1. The van der Waals surface area contributed by atoms with Crippen LogP contribution in [0.25, 0.3) is 0 Å². The molecule has 0 radical (unpaired) electrons. The first-order chi connectivity index (χ1) is 12.8. The summed E-state index contributed by atoms with van der Waals surface area (Å²) in [4.78, 5) is 12.0. The SMILES string of the molecule is CCN(CC)S(=O)(=O)c1cc(NC(=O)COc2cccc(Cl)c2)ccc1Cl. The molecule has 0 unspecified atom stereocenters. The highest BCUT2D eigenvalue weighted by Crippen LogP contribution is 2.27. The smallest absolute Gasteiger partial charge is 0.262 e. The van der Waals surface area contributed by atoms with Crippen LogP contribution < -0.4 is 10.1 Å². The number of carbonyl (C=O) groups excluding carboxylic acids is 1. The number of amides is 1. The molecule has 0 aromatic heterocycles. The molecule has 2 aromatic rings. The van der Waals surface area contributed by atoms with E-state index in [0.29, 0.717) is 29.5 Å². The Hall–Kier alpha value is -1.80. The van der Waals surface area contributed by atoms with E-state index in [1.165, 1.54) is 22.5 Å². The monoisotopic (exact) mass is 430 g/mol. The predicted octanol–water partition coefficient (Wildman–Crippen LogP) is 4.04. The van der Waals surface area contributed by atoms with Gasteiger partial charge in [-0.3, -0.25) is 4.79 Å². The van der Waals surface area contributed by atoms with E-state index in [1.54, 1.807) is 38.1 Å². The normalized spacial score (nSPS) is 11.4. The van der Waals surface area contributed by atoms with Gasteiger partial charge in [0.1, 0.15) is 10.6 Å². The van der Waals surface area contributed by atoms with Gasteiger partial charge in [0.05, 0.1) is 5.02 Å². The molecule has 2 rings (SSSR count). The minimum atomic E-state index is -3.75. The topological polar surface area (TPSA) is 75.7 Å². The van der Waals surface area contributed by atoms with Crippen LogP contribution in [0.15, 0.2) is 47.4 Å². The van der Waals surface area contributed by atoms with Crippen LogP contribution in [0.3, 0.4) is 0 Å². The first-order valence-electron chi connectivity index (χ1n) is 8.25. The maximum absolute atomic E-state index is 12.7. The van der Waals surface area contributed by atoms with Crippen LogP contribution in [0.1, 0.15) is 13.8 Å². The molecule has 0 aliphatic carbocycles. The maximum atomic E-state index is 12.7. The molecule has 9 heteroatoms. The summed E-state index contributed by atoms with van der Waals surface area (Å²) in [6, 6.07) is 11.0. The number of ether oxygens (including phenoxy) is 1. The molecule has 0 fully saturated rings. The number of rotatable bonds is 8. The van der Waals surface area contributed by atoms with Gasteiger partial charge in [0.2, 0.25) is 10.0 Å². The molecule has 0 atom stereocenters. The van der Waals surface area contributed by atoms with Crippen LogP contribution in [0.4, 0.5) is 5.69 Å². The highest BCUT2D eigenvalue weighted by Gasteiger charge is 2.25. The molecule has 1 amide bonds. The van der Waals surface area contributed by atoms with Crippen LogP contribution in [0, 0.1) is 0 Å². The first-order valence-corrected chi connectivity index (χ1v) is 10.5. The number of halogens is 2. The van der Waals surface area contributed by atoms with E-state index in [9.17, 15) is 13.2 Å². The van der Waals surface area contributed by atoms with Crippen LogP contribution in [-0.4, -0.2) is 38.3 Å². The Balaban J connectivity index is 2.12. The van der Waals surface area contributed by atoms with Gasteiger partial charge in [-0.2, -0.15) is 4.31 Å². The third-order valence-electron chi connectivity index (χ3n) is 3.70. The van der Waals surface area contributed by atoms with Crippen molar-refractivity contribution in [2.24, 2.45) is 0 Å².